The smallest absolute Gasteiger partial charge is 0.272 e. The molecule has 2 aromatic rings. The van der Waals surface area contributed by atoms with Crippen LogP contribution >= 0.6 is 46.0 Å². The minimum absolute atomic E-state index is 0.156. The lowest BCUT2D eigenvalue weighted by molar-refractivity contribution is -0.125. The van der Waals surface area contributed by atoms with E-state index in [1.807, 2.05) is 39.2 Å². The number of carbonyl (C=O) groups excluding carboxylic acids is 1. The molecule has 0 saturated carbocycles. The fourth-order valence-electron chi connectivity index (χ4n) is 1.95. The van der Waals surface area contributed by atoms with Crippen LogP contribution in [0.4, 0.5) is 0 Å². The first-order valence-corrected chi connectivity index (χ1v) is 9.71. The summed E-state index contributed by atoms with van der Waals surface area (Å²) in [6.07, 6.45) is 3.57. The number of fused-ring (bicyclic) bond motifs is 1. The van der Waals surface area contributed by atoms with Crippen molar-refractivity contribution in [1.29, 1.82) is 0 Å². The molecule has 0 bridgehead atoms. The monoisotopic (exact) mass is 464 g/mol. The number of halogens is 2. The molecule has 2 rings (SSSR count). The normalized spacial score (nSPS) is 13.0. The van der Waals surface area contributed by atoms with Gasteiger partial charge in [0.15, 0.2) is 0 Å². The summed E-state index contributed by atoms with van der Waals surface area (Å²) >= 11 is 9.81. The number of amides is 1. The van der Waals surface area contributed by atoms with Crippen LogP contribution in [0.2, 0.25) is 5.02 Å². The van der Waals surface area contributed by atoms with E-state index >= 15 is 0 Å². The molecule has 124 valence electrons. The minimum Gasteiger partial charge on any atom is -0.470 e. The zero-order chi connectivity index (χ0) is 17.2. The lowest BCUT2D eigenvalue weighted by Gasteiger charge is -2.24. The third-order valence-corrected chi connectivity index (χ3v) is 5.18. The summed E-state index contributed by atoms with van der Waals surface area (Å²) in [6.45, 7) is 5.81. The van der Waals surface area contributed by atoms with Gasteiger partial charge in [0, 0.05) is 17.1 Å². The number of hydrogen-bond donors (Lipinski definition) is 1. The summed E-state index contributed by atoms with van der Waals surface area (Å²) < 4.78 is 6.71. The summed E-state index contributed by atoms with van der Waals surface area (Å²) in [7, 11) is 0. The molecule has 0 aliphatic heterocycles. The maximum absolute atomic E-state index is 12.3. The second kappa shape index (κ2) is 7.44. The van der Waals surface area contributed by atoms with Gasteiger partial charge in [-0.2, -0.15) is 0 Å². The molecule has 1 heterocycles. The van der Waals surface area contributed by atoms with E-state index < -0.39 is 5.44 Å². The van der Waals surface area contributed by atoms with E-state index in [0.717, 1.165) is 14.5 Å². The molecular formula is C16H18ClIN2O2S. The summed E-state index contributed by atoms with van der Waals surface area (Å²) in [5.74, 6) is 0.434. The molecule has 4 nitrogen and oxygen atoms in total. The van der Waals surface area contributed by atoms with Crippen molar-refractivity contribution >= 4 is 62.8 Å². The maximum atomic E-state index is 12.3. The highest BCUT2D eigenvalue weighted by atomic mass is 127. The Morgan fingerprint density at radius 2 is 2.13 bits per heavy atom. The molecule has 1 aromatic carbocycles. The average molecular weight is 465 g/mol. The lowest BCUT2D eigenvalue weighted by atomic mass is 10.1. The largest absolute Gasteiger partial charge is 0.470 e. The molecule has 0 aliphatic rings. The number of nitrogens with one attached hydrogen (secondary N) is 1. The van der Waals surface area contributed by atoms with Gasteiger partial charge in [0.25, 0.3) is 5.91 Å². The Balaban J connectivity index is 2.26. The number of nitrogens with zero attached hydrogens (tertiary/aromatic N) is 1. The number of aromatic nitrogens is 1. The second-order valence-corrected chi connectivity index (χ2v) is 8.46. The van der Waals surface area contributed by atoms with E-state index in [2.05, 4.69) is 32.9 Å². The van der Waals surface area contributed by atoms with Gasteiger partial charge in [-0.25, -0.2) is 0 Å². The highest BCUT2D eigenvalue weighted by Crippen LogP contribution is 2.30. The van der Waals surface area contributed by atoms with E-state index in [-0.39, 0.29) is 11.4 Å². The standard InChI is InChI=1S/C16H18ClIN2O2S/c1-16(2,3)20-14(21)15(23-4)22-9-5-6-12-10(7-9)13(17)11(18)8-19-12/h5-8,15H,1-4H3,(H,20,21). The van der Waals surface area contributed by atoms with Gasteiger partial charge in [0.1, 0.15) is 5.75 Å². The van der Waals surface area contributed by atoms with Crippen LogP contribution in [0.15, 0.2) is 24.4 Å². The van der Waals surface area contributed by atoms with Crippen LogP contribution in [-0.4, -0.2) is 28.1 Å². The Bertz CT molecular complexity index is 734. The Kier molecular flexibility index (Phi) is 6.02. The summed E-state index contributed by atoms with van der Waals surface area (Å²) in [5.41, 5.74) is -0.134. The van der Waals surface area contributed by atoms with E-state index in [1.165, 1.54) is 11.8 Å². The van der Waals surface area contributed by atoms with Crippen LogP contribution in [-0.2, 0) is 4.79 Å². The number of ether oxygens (including phenoxy) is 1. The van der Waals surface area contributed by atoms with Gasteiger partial charge in [0.2, 0.25) is 5.44 Å². The highest BCUT2D eigenvalue weighted by molar-refractivity contribution is 14.1. The lowest BCUT2D eigenvalue weighted by Crippen LogP contribution is -2.46. The Labute approximate surface area is 158 Å². The van der Waals surface area contributed by atoms with Crippen molar-refractivity contribution in [3.05, 3.63) is 33.0 Å². The Hall–Kier alpha value is -0.730. The van der Waals surface area contributed by atoms with Crippen molar-refractivity contribution in [1.82, 2.24) is 10.3 Å². The molecular weight excluding hydrogens is 447 g/mol. The van der Waals surface area contributed by atoms with Gasteiger partial charge in [-0.3, -0.25) is 9.78 Å². The number of pyridine rings is 1. The van der Waals surface area contributed by atoms with Gasteiger partial charge in [-0.1, -0.05) is 11.6 Å². The van der Waals surface area contributed by atoms with Gasteiger partial charge in [-0.05, 0) is 67.8 Å². The van der Waals surface area contributed by atoms with Crippen molar-refractivity contribution in [2.24, 2.45) is 0 Å². The molecule has 23 heavy (non-hydrogen) atoms. The second-order valence-electron chi connectivity index (χ2n) is 6.02. The van der Waals surface area contributed by atoms with Crippen molar-refractivity contribution in [3.8, 4) is 5.75 Å². The van der Waals surface area contributed by atoms with Crippen LogP contribution in [0.1, 0.15) is 20.8 Å². The van der Waals surface area contributed by atoms with Crippen molar-refractivity contribution in [2.75, 3.05) is 6.26 Å². The van der Waals surface area contributed by atoms with E-state index in [4.69, 9.17) is 16.3 Å². The Morgan fingerprint density at radius 1 is 1.43 bits per heavy atom. The third-order valence-electron chi connectivity index (χ3n) is 2.90. The number of hydrogen-bond acceptors (Lipinski definition) is 4. The summed E-state index contributed by atoms with van der Waals surface area (Å²) in [5, 5.41) is 4.38. The molecule has 7 heteroatoms. The first kappa shape index (κ1) is 18.6. The summed E-state index contributed by atoms with van der Waals surface area (Å²) in [6, 6.07) is 5.46. The number of thioether (sulfide) groups is 1. The maximum Gasteiger partial charge on any atom is 0.272 e. The fourth-order valence-corrected chi connectivity index (χ4v) is 3.06. The molecule has 1 amide bonds. The highest BCUT2D eigenvalue weighted by Gasteiger charge is 2.24. The van der Waals surface area contributed by atoms with E-state index in [1.54, 1.807) is 12.3 Å². The van der Waals surface area contributed by atoms with Crippen LogP contribution in [0.25, 0.3) is 10.9 Å². The Morgan fingerprint density at radius 3 is 2.74 bits per heavy atom. The van der Waals surface area contributed by atoms with Crippen LogP contribution in [0, 0.1) is 3.57 Å². The fraction of sp³-hybridized carbons (Fsp3) is 0.375. The van der Waals surface area contributed by atoms with Crippen molar-refractivity contribution < 1.29 is 9.53 Å². The first-order chi connectivity index (χ1) is 10.7. The van der Waals surface area contributed by atoms with Crippen molar-refractivity contribution in [2.45, 2.75) is 31.7 Å². The zero-order valence-corrected chi connectivity index (χ0v) is 17.0. The molecule has 0 spiro atoms. The van der Waals surface area contributed by atoms with E-state index in [0.29, 0.717) is 10.8 Å². The molecule has 0 aliphatic carbocycles. The third kappa shape index (κ3) is 4.87. The topological polar surface area (TPSA) is 51.2 Å². The average Bonchev–Trinajstić information content (AvgIpc) is 2.47. The van der Waals surface area contributed by atoms with Crippen molar-refractivity contribution in [3.63, 3.8) is 0 Å². The summed E-state index contributed by atoms with van der Waals surface area (Å²) in [4.78, 5) is 16.6. The molecule has 0 saturated heterocycles. The molecule has 1 unspecified atom stereocenters. The number of rotatable bonds is 4. The minimum atomic E-state index is -0.624. The predicted octanol–water partition coefficient (Wildman–Crippen LogP) is 4.48. The first-order valence-electron chi connectivity index (χ1n) is 6.96. The molecule has 1 aromatic heterocycles. The molecule has 0 fully saturated rings. The molecule has 1 N–H and O–H groups in total. The number of carbonyl (C=O) groups is 1. The van der Waals surface area contributed by atoms with Crippen LogP contribution < -0.4 is 10.1 Å². The zero-order valence-electron chi connectivity index (χ0n) is 13.3. The SMILES string of the molecule is CSC(Oc1ccc2ncc(I)c(Cl)c2c1)C(=O)NC(C)(C)C. The van der Waals surface area contributed by atoms with Gasteiger partial charge in [0.05, 0.1) is 14.1 Å². The van der Waals surface area contributed by atoms with Crippen LogP contribution in [0.3, 0.4) is 0 Å². The number of benzene rings is 1. The van der Waals surface area contributed by atoms with E-state index in [9.17, 15) is 4.79 Å². The predicted molar refractivity (Wildman–Crippen MR) is 105 cm³/mol. The van der Waals surface area contributed by atoms with Gasteiger partial charge >= 0.3 is 0 Å². The van der Waals surface area contributed by atoms with Gasteiger partial charge in [-0.15, -0.1) is 11.8 Å². The molecule has 1 atom stereocenters. The molecule has 0 radical (unpaired) electrons. The van der Waals surface area contributed by atoms with Gasteiger partial charge < -0.3 is 10.1 Å². The quantitative estimate of drug-likeness (QED) is 0.536. The van der Waals surface area contributed by atoms with Crippen LogP contribution in [0.5, 0.6) is 5.75 Å².